The summed E-state index contributed by atoms with van der Waals surface area (Å²) >= 11 is 0. The van der Waals surface area contributed by atoms with Crippen molar-refractivity contribution < 1.29 is 4.84 Å². The molecular weight excluding hydrogens is 282 g/mol. The van der Waals surface area contributed by atoms with Crippen molar-refractivity contribution in [2.75, 3.05) is 0 Å². The molecule has 2 aliphatic rings. The average Bonchev–Trinajstić information content (AvgIpc) is 2.81. The molecule has 2 nitrogen and oxygen atoms in total. The fourth-order valence-electron chi connectivity index (χ4n) is 4.59. The van der Waals surface area contributed by atoms with Crippen LogP contribution in [0.2, 0.25) is 0 Å². The highest BCUT2D eigenvalue weighted by molar-refractivity contribution is 5.25. The number of hydroxylamine groups is 2. The van der Waals surface area contributed by atoms with E-state index in [-0.39, 0.29) is 11.1 Å². The zero-order valence-corrected chi connectivity index (χ0v) is 15.3. The maximum absolute atomic E-state index is 6.67. The molecule has 0 aromatic heterocycles. The summed E-state index contributed by atoms with van der Waals surface area (Å²) in [5, 5.41) is 2.34. The molecule has 1 aromatic rings. The molecule has 1 aliphatic carbocycles. The van der Waals surface area contributed by atoms with Gasteiger partial charge in [-0.2, -0.15) is 5.06 Å². The largest absolute Gasteiger partial charge is 0.294 e. The molecule has 1 unspecified atom stereocenters. The maximum Gasteiger partial charge on any atom is 0.0793 e. The second kappa shape index (κ2) is 6.57. The molecular formula is C21H33NO. The van der Waals surface area contributed by atoms with Gasteiger partial charge in [0.25, 0.3) is 0 Å². The Morgan fingerprint density at radius 3 is 2.30 bits per heavy atom. The third-order valence-corrected chi connectivity index (χ3v) is 6.20. The summed E-state index contributed by atoms with van der Waals surface area (Å²) in [5.41, 5.74) is 1.45. The van der Waals surface area contributed by atoms with Crippen molar-refractivity contribution >= 4 is 0 Å². The average molecular weight is 316 g/mol. The van der Waals surface area contributed by atoms with Crippen molar-refractivity contribution in [2.45, 2.75) is 89.8 Å². The van der Waals surface area contributed by atoms with E-state index in [0.29, 0.717) is 6.10 Å². The van der Waals surface area contributed by atoms with Crippen LogP contribution in [-0.4, -0.2) is 16.7 Å². The molecule has 0 N–H and O–H groups in total. The Bertz CT molecular complexity index is 506. The first-order valence-corrected chi connectivity index (χ1v) is 9.46. The van der Waals surface area contributed by atoms with Crippen LogP contribution in [0.3, 0.4) is 0 Å². The molecule has 23 heavy (non-hydrogen) atoms. The normalized spacial score (nSPS) is 30.4. The number of hydrogen-bond donors (Lipinski definition) is 0. The van der Waals surface area contributed by atoms with E-state index in [1.165, 1.54) is 44.1 Å². The minimum Gasteiger partial charge on any atom is -0.294 e. The van der Waals surface area contributed by atoms with Crippen LogP contribution in [0.25, 0.3) is 0 Å². The lowest BCUT2D eigenvalue weighted by Gasteiger charge is -2.44. The number of rotatable bonds is 4. The Morgan fingerprint density at radius 1 is 1.00 bits per heavy atom. The first kappa shape index (κ1) is 17.0. The van der Waals surface area contributed by atoms with E-state index >= 15 is 0 Å². The van der Waals surface area contributed by atoms with Gasteiger partial charge in [0.15, 0.2) is 0 Å². The number of benzene rings is 1. The Hall–Kier alpha value is -0.860. The van der Waals surface area contributed by atoms with Gasteiger partial charge >= 0.3 is 0 Å². The second-order valence-electron chi connectivity index (χ2n) is 8.46. The van der Waals surface area contributed by atoms with E-state index in [0.717, 1.165) is 12.3 Å². The lowest BCUT2D eigenvalue weighted by atomic mass is 9.86. The van der Waals surface area contributed by atoms with Crippen LogP contribution >= 0.6 is 0 Å². The van der Waals surface area contributed by atoms with E-state index in [4.69, 9.17) is 4.84 Å². The molecule has 0 bridgehead atoms. The molecule has 3 rings (SSSR count). The smallest absolute Gasteiger partial charge is 0.0793 e. The summed E-state index contributed by atoms with van der Waals surface area (Å²) < 4.78 is 0. The highest BCUT2D eigenvalue weighted by Gasteiger charge is 2.50. The van der Waals surface area contributed by atoms with Crippen LogP contribution in [0.5, 0.6) is 0 Å². The Balaban J connectivity index is 1.81. The van der Waals surface area contributed by atoms with Crippen LogP contribution in [0, 0.1) is 5.92 Å². The molecule has 0 spiro atoms. The van der Waals surface area contributed by atoms with Crippen LogP contribution in [-0.2, 0) is 10.4 Å². The molecule has 2 fully saturated rings. The van der Waals surface area contributed by atoms with Crippen molar-refractivity contribution in [2.24, 2.45) is 5.92 Å². The molecule has 2 atom stereocenters. The predicted molar refractivity (Wildman–Crippen MR) is 96.1 cm³/mol. The molecule has 0 amide bonds. The Morgan fingerprint density at radius 2 is 1.65 bits per heavy atom. The SMILES string of the molecule is CC(ON1C(C)(C)CC[C@@]1(C)c1ccccc1)C1CCCCC1. The summed E-state index contributed by atoms with van der Waals surface area (Å²) in [7, 11) is 0. The molecule has 1 saturated heterocycles. The number of hydrogen-bond acceptors (Lipinski definition) is 2. The Labute approximate surface area is 142 Å². The minimum absolute atomic E-state index is 0.0202. The molecule has 1 saturated carbocycles. The Kier molecular flexibility index (Phi) is 4.85. The fraction of sp³-hybridized carbons (Fsp3) is 0.714. The van der Waals surface area contributed by atoms with E-state index in [1.807, 2.05) is 0 Å². The van der Waals surface area contributed by atoms with Gasteiger partial charge in [-0.05, 0) is 64.9 Å². The maximum atomic E-state index is 6.67. The first-order chi connectivity index (χ1) is 10.9. The third kappa shape index (κ3) is 3.34. The van der Waals surface area contributed by atoms with Crippen LogP contribution < -0.4 is 0 Å². The zero-order chi connectivity index (χ0) is 16.5. The minimum atomic E-state index is -0.0202. The molecule has 128 valence electrons. The van der Waals surface area contributed by atoms with Crippen LogP contribution in [0.1, 0.15) is 78.2 Å². The van der Waals surface area contributed by atoms with Crippen molar-refractivity contribution in [3.8, 4) is 0 Å². The summed E-state index contributed by atoms with van der Waals surface area (Å²) in [5.74, 6) is 0.722. The van der Waals surface area contributed by atoms with E-state index < -0.39 is 0 Å². The topological polar surface area (TPSA) is 12.5 Å². The summed E-state index contributed by atoms with van der Waals surface area (Å²) in [4.78, 5) is 6.67. The molecule has 1 heterocycles. The van der Waals surface area contributed by atoms with Crippen LogP contribution in [0.15, 0.2) is 30.3 Å². The van der Waals surface area contributed by atoms with Gasteiger partial charge in [-0.25, -0.2) is 0 Å². The quantitative estimate of drug-likeness (QED) is 0.709. The van der Waals surface area contributed by atoms with E-state index in [9.17, 15) is 0 Å². The first-order valence-electron chi connectivity index (χ1n) is 9.46. The van der Waals surface area contributed by atoms with Gasteiger partial charge in [-0.3, -0.25) is 4.84 Å². The molecule has 1 aliphatic heterocycles. The molecule has 0 radical (unpaired) electrons. The van der Waals surface area contributed by atoms with Crippen molar-refractivity contribution in [1.82, 2.24) is 5.06 Å². The van der Waals surface area contributed by atoms with Crippen molar-refractivity contribution in [3.05, 3.63) is 35.9 Å². The van der Waals surface area contributed by atoms with Crippen molar-refractivity contribution in [1.29, 1.82) is 0 Å². The molecule has 2 heteroatoms. The van der Waals surface area contributed by atoms with E-state index in [2.05, 4.69) is 63.1 Å². The zero-order valence-electron chi connectivity index (χ0n) is 15.3. The highest BCUT2D eigenvalue weighted by atomic mass is 16.7. The fourth-order valence-corrected chi connectivity index (χ4v) is 4.59. The predicted octanol–water partition coefficient (Wildman–Crippen LogP) is 5.68. The van der Waals surface area contributed by atoms with E-state index in [1.54, 1.807) is 0 Å². The lowest BCUT2D eigenvalue weighted by Crippen LogP contribution is -2.50. The van der Waals surface area contributed by atoms with Gasteiger partial charge in [0.2, 0.25) is 0 Å². The summed E-state index contributed by atoms with van der Waals surface area (Å²) in [6, 6.07) is 10.9. The summed E-state index contributed by atoms with van der Waals surface area (Å²) in [6.07, 6.45) is 9.46. The van der Waals surface area contributed by atoms with Crippen molar-refractivity contribution in [3.63, 3.8) is 0 Å². The highest BCUT2D eigenvalue weighted by Crippen LogP contribution is 2.48. The second-order valence-corrected chi connectivity index (χ2v) is 8.46. The monoisotopic (exact) mass is 315 g/mol. The van der Waals surface area contributed by atoms with Gasteiger partial charge in [0.05, 0.1) is 11.6 Å². The molecule has 1 aromatic carbocycles. The van der Waals surface area contributed by atoms with Gasteiger partial charge in [0.1, 0.15) is 0 Å². The summed E-state index contributed by atoms with van der Waals surface area (Å²) in [6.45, 7) is 9.30. The van der Waals surface area contributed by atoms with Gasteiger partial charge in [-0.1, -0.05) is 49.6 Å². The van der Waals surface area contributed by atoms with Gasteiger partial charge in [0, 0.05) is 5.54 Å². The van der Waals surface area contributed by atoms with Gasteiger partial charge in [-0.15, -0.1) is 0 Å². The third-order valence-electron chi connectivity index (χ3n) is 6.20. The standard InChI is InChI=1S/C21H33NO/c1-17(18-11-7-5-8-12-18)23-22-20(2,3)15-16-21(22,4)19-13-9-6-10-14-19/h6,9-10,13-14,17-18H,5,7-8,11-12,15-16H2,1-4H3/t17?,21-/m0/s1. The number of nitrogens with zero attached hydrogens (tertiary/aromatic N) is 1. The van der Waals surface area contributed by atoms with Crippen LogP contribution in [0.4, 0.5) is 0 Å². The van der Waals surface area contributed by atoms with Gasteiger partial charge < -0.3 is 0 Å². The lowest BCUT2D eigenvalue weighted by molar-refractivity contribution is -0.283.